The van der Waals surface area contributed by atoms with Crippen LogP contribution in [-0.2, 0) is 6.42 Å². The Morgan fingerprint density at radius 3 is 2.64 bits per heavy atom. The average molecular weight is 374 g/mol. The lowest BCUT2D eigenvalue weighted by molar-refractivity contribution is 0.0743. The van der Waals surface area contributed by atoms with E-state index in [1.54, 1.807) is 17.2 Å². The highest BCUT2D eigenvalue weighted by atomic mass is 16.2. The molecule has 1 aromatic carbocycles. The van der Waals surface area contributed by atoms with Crippen molar-refractivity contribution in [3.8, 4) is 11.1 Å². The van der Waals surface area contributed by atoms with Gasteiger partial charge in [-0.15, -0.1) is 0 Å². The number of nitrogens with zero attached hydrogens (tertiary/aromatic N) is 3. The molecule has 3 rings (SSSR count). The van der Waals surface area contributed by atoms with E-state index in [1.165, 1.54) is 0 Å². The van der Waals surface area contributed by atoms with E-state index in [0.29, 0.717) is 11.4 Å². The van der Waals surface area contributed by atoms with Crippen molar-refractivity contribution >= 4 is 11.7 Å². The van der Waals surface area contributed by atoms with Gasteiger partial charge in [-0.05, 0) is 62.2 Å². The molecule has 5 heteroatoms. The van der Waals surface area contributed by atoms with Gasteiger partial charge in [-0.3, -0.25) is 9.78 Å². The first-order valence-electron chi connectivity index (χ1n) is 9.38. The van der Waals surface area contributed by atoms with E-state index in [9.17, 15) is 4.79 Å². The Kier molecular flexibility index (Phi) is 5.73. The smallest absolute Gasteiger partial charge is 0.253 e. The Morgan fingerprint density at radius 2 is 1.93 bits per heavy atom. The Bertz CT molecular complexity index is 999. The largest absolute Gasteiger partial charge is 0.384 e. The summed E-state index contributed by atoms with van der Waals surface area (Å²) in [6.07, 6.45) is 2.51. The molecule has 0 spiro atoms. The zero-order chi connectivity index (χ0) is 20.3. The van der Waals surface area contributed by atoms with Crippen molar-refractivity contribution in [2.45, 2.75) is 33.2 Å². The maximum atomic E-state index is 13.1. The van der Waals surface area contributed by atoms with Gasteiger partial charge in [0.15, 0.2) is 0 Å². The second kappa shape index (κ2) is 8.21. The number of aromatic nitrogens is 2. The fraction of sp³-hybridized carbons (Fsp3) is 0.261. The lowest BCUT2D eigenvalue weighted by Gasteiger charge is -2.25. The first-order chi connectivity index (χ1) is 13.4. The van der Waals surface area contributed by atoms with Gasteiger partial charge in [0.25, 0.3) is 5.91 Å². The van der Waals surface area contributed by atoms with Crippen LogP contribution in [0.2, 0.25) is 0 Å². The topological polar surface area (TPSA) is 72.1 Å². The van der Waals surface area contributed by atoms with Gasteiger partial charge in [0.2, 0.25) is 0 Å². The second-order valence-electron chi connectivity index (χ2n) is 7.19. The third-order valence-electron chi connectivity index (χ3n) is 5.12. The number of carbonyl (C=O) groups is 1. The van der Waals surface area contributed by atoms with Crippen LogP contribution in [0.1, 0.15) is 34.2 Å². The fourth-order valence-corrected chi connectivity index (χ4v) is 3.26. The second-order valence-corrected chi connectivity index (χ2v) is 7.19. The van der Waals surface area contributed by atoms with Crippen molar-refractivity contribution in [1.29, 1.82) is 0 Å². The van der Waals surface area contributed by atoms with Crippen LogP contribution in [0.3, 0.4) is 0 Å². The van der Waals surface area contributed by atoms with Crippen LogP contribution in [0.15, 0.2) is 54.7 Å². The van der Waals surface area contributed by atoms with E-state index in [-0.39, 0.29) is 11.9 Å². The van der Waals surface area contributed by atoms with E-state index in [2.05, 4.69) is 9.97 Å². The van der Waals surface area contributed by atoms with E-state index < -0.39 is 0 Å². The predicted octanol–water partition coefficient (Wildman–Crippen LogP) is 4.05. The first-order valence-corrected chi connectivity index (χ1v) is 9.38. The molecule has 144 valence electrons. The van der Waals surface area contributed by atoms with Gasteiger partial charge < -0.3 is 10.6 Å². The number of hydrogen-bond donors (Lipinski definition) is 1. The summed E-state index contributed by atoms with van der Waals surface area (Å²) in [6.45, 7) is 6.01. The maximum Gasteiger partial charge on any atom is 0.253 e. The number of benzene rings is 1. The number of amides is 1. The molecule has 2 aromatic heterocycles. The highest BCUT2D eigenvalue weighted by Crippen LogP contribution is 2.24. The van der Waals surface area contributed by atoms with Crippen LogP contribution in [-0.4, -0.2) is 33.9 Å². The lowest BCUT2D eigenvalue weighted by Crippen LogP contribution is -2.36. The van der Waals surface area contributed by atoms with Gasteiger partial charge in [-0.2, -0.15) is 0 Å². The normalized spacial score (nSPS) is 11.9. The number of carbonyl (C=O) groups excluding carboxylic acids is 1. The molecule has 0 saturated heterocycles. The van der Waals surface area contributed by atoms with E-state index in [1.807, 2.05) is 70.3 Å². The Morgan fingerprint density at radius 1 is 1.14 bits per heavy atom. The van der Waals surface area contributed by atoms with Crippen molar-refractivity contribution in [3.05, 3.63) is 77.2 Å². The van der Waals surface area contributed by atoms with Crippen molar-refractivity contribution < 1.29 is 4.79 Å². The van der Waals surface area contributed by atoms with Crippen molar-refractivity contribution in [2.24, 2.45) is 0 Å². The van der Waals surface area contributed by atoms with Crippen LogP contribution < -0.4 is 5.73 Å². The standard InChI is InChI=1S/C23H26N4O/c1-15-7-6-12-25-21(15)13-16(2)27(4)23(28)19-9-5-8-18(14-19)20-10-11-22(24)26-17(20)3/h5-12,14,16H,13H2,1-4H3,(H2,24,26)/t16-/m1/s1. The van der Waals surface area contributed by atoms with Crippen LogP contribution in [0.4, 0.5) is 5.82 Å². The first kappa shape index (κ1) is 19.5. The molecule has 0 aliphatic rings. The van der Waals surface area contributed by atoms with Crippen molar-refractivity contribution in [3.63, 3.8) is 0 Å². The zero-order valence-corrected chi connectivity index (χ0v) is 16.8. The third-order valence-corrected chi connectivity index (χ3v) is 5.12. The summed E-state index contributed by atoms with van der Waals surface area (Å²) in [6, 6.07) is 15.4. The van der Waals surface area contributed by atoms with E-state index in [4.69, 9.17) is 5.73 Å². The number of nitrogen functional groups attached to an aromatic ring is 1. The summed E-state index contributed by atoms with van der Waals surface area (Å²) in [7, 11) is 1.84. The number of likely N-dealkylation sites (N-methyl/N-ethyl adjacent to an activating group) is 1. The molecule has 1 amide bonds. The van der Waals surface area contributed by atoms with E-state index in [0.717, 1.165) is 34.5 Å². The quantitative estimate of drug-likeness (QED) is 0.731. The van der Waals surface area contributed by atoms with Gasteiger partial charge in [-0.25, -0.2) is 4.98 Å². The van der Waals surface area contributed by atoms with Crippen LogP contribution >= 0.6 is 0 Å². The van der Waals surface area contributed by atoms with Crippen LogP contribution in [0.5, 0.6) is 0 Å². The summed E-state index contributed by atoms with van der Waals surface area (Å²) in [5, 5.41) is 0. The van der Waals surface area contributed by atoms with Gasteiger partial charge in [-0.1, -0.05) is 18.2 Å². The van der Waals surface area contributed by atoms with Gasteiger partial charge in [0.1, 0.15) is 5.82 Å². The molecular weight excluding hydrogens is 348 g/mol. The summed E-state index contributed by atoms with van der Waals surface area (Å²) in [5.74, 6) is 0.482. The minimum Gasteiger partial charge on any atom is -0.384 e. The SMILES string of the molecule is Cc1cccnc1C[C@@H](C)N(C)C(=O)c1cccc(-c2ccc(N)nc2C)c1. The Hall–Kier alpha value is -3.21. The summed E-state index contributed by atoms with van der Waals surface area (Å²) in [4.78, 5) is 23.6. The summed E-state index contributed by atoms with van der Waals surface area (Å²) < 4.78 is 0. The molecule has 1 atom stereocenters. The minimum absolute atomic E-state index is 0.0102. The van der Waals surface area contributed by atoms with Gasteiger partial charge in [0, 0.05) is 48.2 Å². The molecule has 2 N–H and O–H groups in total. The minimum atomic E-state index is -0.0102. The molecule has 0 aliphatic carbocycles. The highest BCUT2D eigenvalue weighted by Gasteiger charge is 2.19. The molecule has 28 heavy (non-hydrogen) atoms. The molecule has 3 aromatic rings. The van der Waals surface area contributed by atoms with Crippen LogP contribution in [0, 0.1) is 13.8 Å². The number of aryl methyl sites for hydroxylation is 2. The Labute approximate surface area is 166 Å². The van der Waals surface area contributed by atoms with Crippen LogP contribution in [0.25, 0.3) is 11.1 Å². The van der Waals surface area contributed by atoms with Gasteiger partial charge in [0.05, 0.1) is 0 Å². The summed E-state index contributed by atoms with van der Waals surface area (Å²) >= 11 is 0. The lowest BCUT2D eigenvalue weighted by atomic mass is 10.0. The average Bonchev–Trinajstić information content (AvgIpc) is 2.68. The Balaban J connectivity index is 1.81. The molecule has 0 fully saturated rings. The molecule has 0 radical (unpaired) electrons. The molecule has 0 aliphatic heterocycles. The number of nitrogens with two attached hydrogens (primary N) is 1. The number of hydrogen-bond acceptors (Lipinski definition) is 4. The van der Waals surface area contributed by atoms with Crippen molar-refractivity contribution in [1.82, 2.24) is 14.9 Å². The zero-order valence-electron chi connectivity index (χ0n) is 16.8. The fourth-order valence-electron chi connectivity index (χ4n) is 3.26. The van der Waals surface area contributed by atoms with Crippen molar-refractivity contribution in [2.75, 3.05) is 12.8 Å². The predicted molar refractivity (Wildman–Crippen MR) is 113 cm³/mol. The highest BCUT2D eigenvalue weighted by molar-refractivity contribution is 5.95. The number of rotatable bonds is 5. The van der Waals surface area contributed by atoms with Gasteiger partial charge >= 0.3 is 0 Å². The molecular formula is C23H26N4O. The third kappa shape index (κ3) is 4.19. The maximum absolute atomic E-state index is 13.1. The molecule has 2 heterocycles. The summed E-state index contributed by atoms with van der Waals surface area (Å²) in [5.41, 5.74) is 11.3. The van der Waals surface area contributed by atoms with E-state index >= 15 is 0 Å². The monoisotopic (exact) mass is 374 g/mol. The molecule has 0 unspecified atom stereocenters. The number of anilines is 1. The molecule has 5 nitrogen and oxygen atoms in total. The number of pyridine rings is 2. The molecule has 0 saturated carbocycles. The molecule has 0 bridgehead atoms.